The van der Waals surface area contributed by atoms with Gasteiger partial charge >= 0.3 is 0 Å². The summed E-state index contributed by atoms with van der Waals surface area (Å²) >= 11 is 7.83. The van der Waals surface area contributed by atoms with Crippen molar-refractivity contribution in [2.75, 3.05) is 42.9 Å². The molecular weight excluding hydrogens is 408 g/mol. The van der Waals surface area contributed by atoms with Gasteiger partial charge in [0.2, 0.25) is 5.91 Å². The van der Waals surface area contributed by atoms with E-state index < -0.39 is 0 Å². The zero-order valence-corrected chi connectivity index (χ0v) is 17.2. The summed E-state index contributed by atoms with van der Waals surface area (Å²) in [5.74, 6) is 0.964. The normalized spacial score (nSPS) is 16.9. The second-order valence-electron chi connectivity index (χ2n) is 7.40. The van der Waals surface area contributed by atoms with Crippen LogP contribution in [0.4, 0.5) is 11.5 Å². The SMILES string of the molecule is O=C1Cc2cc(C(=O)CN3CCN(c4nsc5ccccc45)CC3)c(Cl)cc2N1. The Morgan fingerprint density at radius 2 is 1.97 bits per heavy atom. The highest BCUT2D eigenvalue weighted by Crippen LogP contribution is 2.31. The number of carbonyl (C=O) groups is 2. The number of hydrogen-bond acceptors (Lipinski definition) is 6. The topological polar surface area (TPSA) is 65.5 Å². The third-order valence-corrected chi connectivity index (χ3v) is 6.65. The fourth-order valence-corrected chi connectivity index (χ4v) is 5.03. The second kappa shape index (κ2) is 7.40. The predicted octanol–water partition coefficient (Wildman–Crippen LogP) is 3.45. The van der Waals surface area contributed by atoms with Gasteiger partial charge in [0.05, 0.1) is 22.7 Å². The van der Waals surface area contributed by atoms with Crippen LogP contribution in [0.25, 0.3) is 10.1 Å². The molecule has 0 saturated carbocycles. The minimum atomic E-state index is -0.0636. The van der Waals surface area contributed by atoms with Crippen molar-refractivity contribution in [1.29, 1.82) is 0 Å². The maximum Gasteiger partial charge on any atom is 0.228 e. The van der Waals surface area contributed by atoms with Gasteiger partial charge in [-0.05, 0) is 41.4 Å². The number of rotatable bonds is 4. The fraction of sp³-hybridized carbons (Fsp3) is 0.286. The van der Waals surface area contributed by atoms with Crippen molar-refractivity contribution in [1.82, 2.24) is 9.27 Å². The van der Waals surface area contributed by atoms with Crippen LogP contribution in [0, 0.1) is 0 Å². The monoisotopic (exact) mass is 426 g/mol. The highest BCUT2D eigenvalue weighted by atomic mass is 35.5. The summed E-state index contributed by atoms with van der Waals surface area (Å²) in [6, 6.07) is 11.7. The van der Waals surface area contributed by atoms with E-state index in [1.807, 2.05) is 12.1 Å². The number of nitrogens with zero attached hydrogens (tertiary/aromatic N) is 3. The van der Waals surface area contributed by atoms with Crippen molar-refractivity contribution >= 4 is 56.4 Å². The lowest BCUT2D eigenvalue weighted by Gasteiger charge is -2.34. The molecule has 0 aliphatic carbocycles. The lowest BCUT2D eigenvalue weighted by molar-refractivity contribution is -0.115. The molecule has 0 bridgehead atoms. The average molecular weight is 427 g/mol. The Labute approximate surface area is 177 Å². The van der Waals surface area contributed by atoms with Crippen LogP contribution in [0.5, 0.6) is 0 Å². The zero-order chi connectivity index (χ0) is 20.0. The Morgan fingerprint density at radius 1 is 1.17 bits per heavy atom. The molecular formula is C21H19ClN4O2S. The van der Waals surface area contributed by atoms with E-state index >= 15 is 0 Å². The van der Waals surface area contributed by atoms with Crippen LogP contribution in [0.15, 0.2) is 36.4 Å². The van der Waals surface area contributed by atoms with E-state index in [-0.39, 0.29) is 11.7 Å². The van der Waals surface area contributed by atoms with E-state index in [9.17, 15) is 9.59 Å². The van der Waals surface area contributed by atoms with Gasteiger partial charge in [-0.2, -0.15) is 4.37 Å². The molecule has 8 heteroatoms. The third kappa shape index (κ3) is 3.50. The standard InChI is InChI=1S/C21H19ClN4O2S/c22-16-11-17-13(10-20(28)23-17)9-15(16)18(27)12-25-5-7-26(8-6-25)21-14-3-1-2-4-19(14)29-24-21/h1-4,9,11H,5-8,10,12H2,(H,23,28). The van der Waals surface area contributed by atoms with Crippen LogP contribution in [-0.4, -0.2) is 53.7 Å². The minimum absolute atomic E-state index is 0.00953. The molecule has 1 aromatic heterocycles. The van der Waals surface area contributed by atoms with Crippen molar-refractivity contribution < 1.29 is 9.59 Å². The molecule has 148 valence electrons. The number of benzene rings is 2. The number of halogens is 1. The van der Waals surface area contributed by atoms with E-state index in [1.165, 1.54) is 21.6 Å². The quantitative estimate of drug-likeness (QED) is 0.647. The van der Waals surface area contributed by atoms with Crippen molar-refractivity contribution in [2.45, 2.75) is 6.42 Å². The summed E-state index contributed by atoms with van der Waals surface area (Å²) in [5.41, 5.74) is 2.04. The summed E-state index contributed by atoms with van der Waals surface area (Å²) in [6.07, 6.45) is 0.299. The van der Waals surface area contributed by atoms with E-state index in [2.05, 4.69) is 31.6 Å². The molecule has 1 N–H and O–H groups in total. The summed E-state index contributed by atoms with van der Waals surface area (Å²) in [5, 5.41) is 4.34. The molecule has 6 nitrogen and oxygen atoms in total. The van der Waals surface area contributed by atoms with Crippen LogP contribution in [0.2, 0.25) is 5.02 Å². The van der Waals surface area contributed by atoms with Crippen molar-refractivity contribution in [3.63, 3.8) is 0 Å². The molecule has 3 heterocycles. The Kier molecular flexibility index (Phi) is 4.73. The smallest absolute Gasteiger partial charge is 0.228 e. The van der Waals surface area contributed by atoms with Crippen molar-refractivity contribution in [3.8, 4) is 0 Å². The van der Waals surface area contributed by atoms with E-state index in [0.717, 1.165) is 37.6 Å². The lowest BCUT2D eigenvalue weighted by Crippen LogP contribution is -2.48. The van der Waals surface area contributed by atoms with Gasteiger partial charge in [-0.25, -0.2) is 0 Å². The van der Waals surface area contributed by atoms with Crippen LogP contribution in [0.3, 0.4) is 0 Å². The number of ketones is 1. The Hall–Kier alpha value is -2.48. The highest BCUT2D eigenvalue weighted by molar-refractivity contribution is 7.13. The number of carbonyl (C=O) groups excluding carboxylic acids is 2. The number of fused-ring (bicyclic) bond motifs is 2. The number of hydrogen-bond donors (Lipinski definition) is 1. The highest BCUT2D eigenvalue weighted by Gasteiger charge is 2.25. The fourth-order valence-electron chi connectivity index (χ4n) is 3.97. The number of aromatic nitrogens is 1. The van der Waals surface area contributed by atoms with Crippen LogP contribution in [0.1, 0.15) is 15.9 Å². The molecule has 1 saturated heterocycles. The Balaban J connectivity index is 1.25. The van der Waals surface area contributed by atoms with Gasteiger partial charge in [0.25, 0.3) is 0 Å². The van der Waals surface area contributed by atoms with Crippen molar-refractivity contribution in [2.24, 2.45) is 0 Å². The Morgan fingerprint density at radius 3 is 2.79 bits per heavy atom. The molecule has 1 fully saturated rings. The molecule has 2 aromatic carbocycles. The number of Topliss-reactive ketones (excluding diaryl/α,β-unsaturated/α-hetero) is 1. The number of piperazine rings is 1. The maximum atomic E-state index is 12.8. The largest absolute Gasteiger partial charge is 0.353 e. The Bertz CT molecular complexity index is 1120. The molecule has 1 amide bonds. The maximum absolute atomic E-state index is 12.8. The minimum Gasteiger partial charge on any atom is -0.353 e. The van der Waals surface area contributed by atoms with Gasteiger partial charge in [0, 0.05) is 42.8 Å². The average Bonchev–Trinajstić information content (AvgIpc) is 3.30. The number of nitrogens with one attached hydrogen (secondary N) is 1. The second-order valence-corrected chi connectivity index (χ2v) is 8.62. The molecule has 29 heavy (non-hydrogen) atoms. The predicted molar refractivity (Wildman–Crippen MR) is 116 cm³/mol. The first-order chi connectivity index (χ1) is 14.1. The van der Waals surface area contributed by atoms with Gasteiger partial charge in [-0.15, -0.1) is 0 Å². The van der Waals surface area contributed by atoms with Gasteiger partial charge in [-0.1, -0.05) is 23.7 Å². The van der Waals surface area contributed by atoms with Crippen LogP contribution >= 0.6 is 23.1 Å². The molecule has 0 atom stereocenters. The summed E-state index contributed by atoms with van der Waals surface area (Å²) in [7, 11) is 0. The molecule has 2 aliphatic rings. The lowest BCUT2D eigenvalue weighted by atomic mass is 10.0. The first-order valence-electron chi connectivity index (χ1n) is 9.55. The number of amides is 1. The van der Waals surface area contributed by atoms with Gasteiger partial charge in [-0.3, -0.25) is 14.5 Å². The summed E-state index contributed by atoms with van der Waals surface area (Å²) in [6.45, 7) is 3.57. The van der Waals surface area contributed by atoms with Gasteiger partial charge in [0.15, 0.2) is 5.78 Å². The zero-order valence-electron chi connectivity index (χ0n) is 15.7. The molecule has 3 aromatic rings. The molecule has 0 unspecified atom stereocenters. The van der Waals surface area contributed by atoms with Gasteiger partial charge in [0.1, 0.15) is 5.82 Å². The van der Waals surface area contributed by atoms with E-state index in [4.69, 9.17) is 11.6 Å². The van der Waals surface area contributed by atoms with E-state index in [1.54, 1.807) is 12.1 Å². The third-order valence-electron chi connectivity index (χ3n) is 5.52. The summed E-state index contributed by atoms with van der Waals surface area (Å²) in [4.78, 5) is 28.9. The molecule has 0 radical (unpaired) electrons. The molecule has 5 rings (SSSR count). The number of anilines is 2. The van der Waals surface area contributed by atoms with Crippen LogP contribution < -0.4 is 10.2 Å². The molecule has 0 spiro atoms. The first kappa shape index (κ1) is 18.5. The van der Waals surface area contributed by atoms with Crippen LogP contribution in [-0.2, 0) is 11.2 Å². The summed E-state index contributed by atoms with van der Waals surface area (Å²) < 4.78 is 5.83. The molecule has 2 aliphatic heterocycles. The van der Waals surface area contributed by atoms with Crippen molar-refractivity contribution in [3.05, 3.63) is 52.5 Å². The first-order valence-corrected chi connectivity index (χ1v) is 10.7. The van der Waals surface area contributed by atoms with Gasteiger partial charge < -0.3 is 10.2 Å². The van der Waals surface area contributed by atoms with E-state index in [0.29, 0.717) is 29.2 Å².